The van der Waals surface area contributed by atoms with Crippen LogP contribution in [-0.2, 0) is 0 Å². The van der Waals surface area contributed by atoms with E-state index in [4.69, 9.17) is 4.74 Å². The Hall–Kier alpha value is -4.48. The first-order valence-corrected chi connectivity index (χ1v) is 15.4. The first-order valence-electron chi connectivity index (χ1n) is 15.4. The van der Waals surface area contributed by atoms with Crippen molar-refractivity contribution in [1.82, 2.24) is 25.2 Å². The Bertz CT molecular complexity index is 1650. The summed E-state index contributed by atoms with van der Waals surface area (Å²) >= 11 is 0. The fraction of sp³-hybridized carbons (Fsp3) is 0.412. The Balaban J connectivity index is 0.00000271. The molecule has 0 fully saturated rings. The first kappa shape index (κ1) is 35.0. The molecule has 4 aromatic rings. The Kier molecular flexibility index (Phi) is 12.9. The van der Waals surface area contributed by atoms with Gasteiger partial charge in [0, 0.05) is 31.4 Å². The van der Waals surface area contributed by atoms with E-state index in [-0.39, 0.29) is 47.6 Å². The predicted octanol–water partition coefficient (Wildman–Crippen LogP) is 4.69. The molecule has 2 aromatic carbocycles. The van der Waals surface area contributed by atoms with Gasteiger partial charge >= 0.3 is 0 Å². The summed E-state index contributed by atoms with van der Waals surface area (Å²) in [7, 11) is 3.61. The molecule has 0 aliphatic rings. The quantitative estimate of drug-likeness (QED) is 0.128. The number of fused-ring (bicyclic) bond motifs is 1. The van der Waals surface area contributed by atoms with Crippen molar-refractivity contribution in [3.63, 3.8) is 0 Å². The lowest BCUT2D eigenvalue weighted by Gasteiger charge is -2.28. The lowest BCUT2D eigenvalue weighted by atomic mass is 10.0. The molecule has 0 aliphatic carbocycles. The zero-order chi connectivity index (χ0) is 33.1. The number of hydrogen-bond donors (Lipinski definition) is 5. The number of rotatable bonds is 14. The Morgan fingerprint density at radius 1 is 1.18 bits per heavy atom. The summed E-state index contributed by atoms with van der Waals surface area (Å²) in [4.78, 5) is 50.5. The fourth-order valence-corrected chi connectivity index (χ4v) is 5.11. The summed E-state index contributed by atoms with van der Waals surface area (Å²) in [6.45, 7) is 10.9. The highest BCUT2D eigenvalue weighted by Crippen LogP contribution is 2.27. The van der Waals surface area contributed by atoms with Crippen molar-refractivity contribution >= 4 is 28.9 Å². The standard InChI is InChI=1S/C32H40N6O5.C2H6/c1-6-22(9-11-33-4)38(5)32(42)24-15-27-26(14-21(24)17-39)36-30(37-27)29-25(10-12-34-31(29)41)35-16-23(40)18-43-28-8-7-19(2)13-20(28)3;1-2/h7-8,10,12-15,17,22-23,33,40H,6,9,11,16,18H2,1-5H3,(H,36,37)(H2,34,35,41);1-2H3. The summed E-state index contributed by atoms with van der Waals surface area (Å²) in [6, 6.07) is 10.7. The minimum Gasteiger partial charge on any atom is -0.491 e. The van der Waals surface area contributed by atoms with Gasteiger partial charge in [0.05, 0.1) is 22.3 Å². The number of pyridine rings is 1. The third-order valence-corrected chi connectivity index (χ3v) is 7.56. The molecule has 242 valence electrons. The van der Waals surface area contributed by atoms with Gasteiger partial charge in [-0.2, -0.15) is 0 Å². The van der Waals surface area contributed by atoms with Crippen LogP contribution >= 0.6 is 0 Å². The van der Waals surface area contributed by atoms with E-state index >= 15 is 0 Å². The van der Waals surface area contributed by atoms with Crippen molar-refractivity contribution in [2.24, 2.45) is 0 Å². The van der Waals surface area contributed by atoms with Gasteiger partial charge in [-0.05, 0) is 70.1 Å². The number of carbonyl (C=O) groups is 2. The largest absolute Gasteiger partial charge is 0.491 e. The summed E-state index contributed by atoms with van der Waals surface area (Å²) in [6.07, 6.45) is 2.85. The third kappa shape index (κ3) is 8.58. The highest BCUT2D eigenvalue weighted by molar-refractivity contribution is 6.05. The maximum atomic E-state index is 13.5. The molecule has 45 heavy (non-hydrogen) atoms. The van der Waals surface area contributed by atoms with Gasteiger partial charge < -0.3 is 35.3 Å². The molecule has 0 radical (unpaired) electrons. The van der Waals surface area contributed by atoms with E-state index in [1.807, 2.05) is 59.9 Å². The molecule has 0 aliphatic heterocycles. The van der Waals surface area contributed by atoms with Crippen molar-refractivity contribution in [3.8, 4) is 17.1 Å². The lowest BCUT2D eigenvalue weighted by molar-refractivity contribution is 0.0717. The molecule has 1 amide bonds. The summed E-state index contributed by atoms with van der Waals surface area (Å²) in [5.41, 5.74) is 3.83. The Labute approximate surface area is 264 Å². The van der Waals surface area contributed by atoms with Gasteiger partial charge in [0.1, 0.15) is 29.8 Å². The number of benzene rings is 2. The van der Waals surface area contributed by atoms with Crippen LogP contribution < -0.4 is 20.9 Å². The number of amides is 1. The average Bonchev–Trinajstić information content (AvgIpc) is 3.45. The Morgan fingerprint density at radius 2 is 1.93 bits per heavy atom. The van der Waals surface area contributed by atoms with Gasteiger partial charge in [-0.25, -0.2) is 4.98 Å². The molecule has 4 rings (SSSR count). The molecule has 5 N–H and O–H groups in total. The second kappa shape index (κ2) is 16.6. The lowest BCUT2D eigenvalue weighted by Crippen LogP contribution is -2.38. The number of ether oxygens (including phenoxy) is 1. The van der Waals surface area contributed by atoms with E-state index in [9.17, 15) is 19.5 Å². The van der Waals surface area contributed by atoms with Crippen LogP contribution in [0.3, 0.4) is 0 Å². The van der Waals surface area contributed by atoms with Crippen molar-refractivity contribution < 1.29 is 19.4 Å². The zero-order valence-corrected chi connectivity index (χ0v) is 27.3. The number of anilines is 1. The zero-order valence-electron chi connectivity index (χ0n) is 27.3. The summed E-state index contributed by atoms with van der Waals surface area (Å²) < 4.78 is 5.79. The maximum Gasteiger partial charge on any atom is 0.261 e. The van der Waals surface area contributed by atoms with Gasteiger partial charge in [0.15, 0.2) is 6.29 Å². The third-order valence-electron chi connectivity index (χ3n) is 7.56. The molecular formula is C34H46N6O5. The molecule has 2 unspecified atom stereocenters. The van der Waals surface area contributed by atoms with Crippen molar-refractivity contribution in [2.75, 3.05) is 39.1 Å². The molecule has 2 aromatic heterocycles. The van der Waals surface area contributed by atoms with Crippen LogP contribution in [0, 0.1) is 13.8 Å². The van der Waals surface area contributed by atoms with Crippen LogP contribution in [0.1, 0.15) is 65.5 Å². The second-order valence-electron chi connectivity index (χ2n) is 10.7. The number of imidazole rings is 1. The van der Waals surface area contributed by atoms with E-state index in [0.29, 0.717) is 28.8 Å². The van der Waals surface area contributed by atoms with E-state index in [1.54, 1.807) is 30.1 Å². The first-order chi connectivity index (χ1) is 21.7. The number of aromatic nitrogens is 3. The van der Waals surface area contributed by atoms with Gasteiger partial charge in [0.25, 0.3) is 11.5 Å². The number of H-pyrrole nitrogens is 2. The van der Waals surface area contributed by atoms with E-state index < -0.39 is 11.7 Å². The fourth-order valence-electron chi connectivity index (χ4n) is 5.11. The highest BCUT2D eigenvalue weighted by Gasteiger charge is 2.24. The molecule has 0 saturated carbocycles. The number of hydrogen-bond acceptors (Lipinski definition) is 8. The van der Waals surface area contributed by atoms with Gasteiger partial charge in [-0.1, -0.05) is 38.5 Å². The SMILES string of the molecule is CC.CCC(CCNC)N(C)C(=O)c1cc2nc(-c3c(NCC(O)COc4ccc(C)cc4C)cc[nH]c3=O)[nH]c2cc1C=O. The summed E-state index contributed by atoms with van der Waals surface area (Å²) in [5, 5.41) is 16.8. The van der Waals surface area contributed by atoms with E-state index in [2.05, 4.69) is 25.6 Å². The predicted molar refractivity (Wildman–Crippen MR) is 180 cm³/mol. The molecular weight excluding hydrogens is 572 g/mol. The number of aliphatic hydroxyl groups excluding tert-OH is 1. The van der Waals surface area contributed by atoms with Crippen LogP contribution in [-0.4, -0.2) is 83.1 Å². The number of carbonyl (C=O) groups excluding carboxylic acids is 2. The van der Waals surface area contributed by atoms with Gasteiger partial charge in [0.2, 0.25) is 0 Å². The van der Waals surface area contributed by atoms with Crippen molar-refractivity contribution in [1.29, 1.82) is 0 Å². The van der Waals surface area contributed by atoms with E-state index in [0.717, 1.165) is 30.5 Å². The average molecular weight is 619 g/mol. The molecule has 2 atom stereocenters. The normalized spacial score (nSPS) is 12.2. The number of aliphatic hydroxyl groups is 1. The summed E-state index contributed by atoms with van der Waals surface area (Å²) in [5.74, 6) is 0.690. The number of aldehydes is 1. The number of aryl methyl sites for hydroxylation is 2. The van der Waals surface area contributed by atoms with E-state index in [1.165, 1.54) is 6.20 Å². The number of nitrogens with zero attached hydrogens (tertiary/aromatic N) is 2. The molecule has 11 heteroatoms. The second-order valence-corrected chi connectivity index (χ2v) is 10.7. The van der Waals surface area contributed by atoms with Crippen LogP contribution in [0.25, 0.3) is 22.4 Å². The molecule has 0 saturated heterocycles. The van der Waals surface area contributed by atoms with Crippen LogP contribution in [0.2, 0.25) is 0 Å². The van der Waals surface area contributed by atoms with Gasteiger partial charge in [-0.15, -0.1) is 0 Å². The highest BCUT2D eigenvalue weighted by atomic mass is 16.5. The van der Waals surface area contributed by atoms with Crippen LogP contribution in [0.15, 0.2) is 47.4 Å². The molecule has 0 spiro atoms. The minimum absolute atomic E-state index is 0.00284. The molecule has 2 heterocycles. The number of aromatic amines is 2. The Morgan fingerprint density at radius 3 is 2.60 bits per heavy atom. The van der Waals surface area contributed by atoms with Crippen molar-refractivity contribution in [3.05, 3.63) is 75.2 Å². The topological polar surface area (TPSA) is 152 Å². The van der Waals surface area contributed by atoms with Crippen LogP contribution in [0.5, 0.6) is 5.75 Å². The van der Waals surface area contributed by atoms with Crippen LogP contribution in [0.4, 0.5) is 5.69 Å². The smallest absolute Gasteiger partial charge is 0.261 e. The monoisotopic (exact) mass is 618 g/mol. The molecule has 0 bridgehead atoms. The molecule has 11 nitrogen and oxygen atoms in total. The van der Waals surface area contributed by atoms with Crippen molar-refractivity contribution in [2.45, 2.75) is 59.6 Å². The number of nitrogens with one attached hydrogen (secondary N) is 4. The maximum absolute atomic E-state index is 13.5. The minimum atomic E-state index is -0.857. The van der Waals surface area contributed by atoms with Gasteiger partial charge in [-0.3, -0.25) is 14.4 Å².